The number of thioether (sulfide) groups is 1. The standard InChI is InChI=1S/C25H32FIO5S/c1-5-20(30)32-25(21(31)33-13-27)14(2)10-18-17-7-6-15-11-16(28)8-9-22(15,3)24(17,26)19(29)12-23(18,25)4/h8-9,11,14,17-19,29H,5-7,10,12-13H2,1-4H3/t14-,17-,18-,19-,22-,23-,24-,25-/m0/s1. The van der Waals surface area contributed by atoms with Crippen LogP contribution in [0.2, 0.25) is 0 Å². The molecule has 0 radical (unpaired) electrons. The molecule has 33 heavy (non-hydrogen) atoms. The van der Waals surface area contributed by atoms with Gasteiger partial charge in [-0.15, -0.1) is 0 Å². The van der Waals surface area contributed by atoms with Crippen LogP contribution in [0.5, 0.6) is 0 Å². The zero-order valence-electron chi connectivity index (χ0n) is 19.5. The monoisotopic (exact) mass is 590 g/mol. The topological polar surface area (TPSA) is 80.7 Å². The molecule has 1 N–H and O–H groups in total. The van der Waals surface area contributed by atoms with Gasteiger partial charge >= 0.3 is 5.97 Å². The Morgan fingerprint density at radius 2 is 2.03 bits per heavy atom. The van der Waals surface area contributed by atoms with Gasteiger partial charge < -0.3 is 9.84 Å². The van der Waals surface area contributed by atoms with E-state index in [1.165, 1.54) is 12.2 Å². The molecule has 0 saturated heterocycles. The first-order valence-electron chi connectivity index (χ1n) is 11.7. The number of esters is 1. The SMILES string of the molecule is CCC(=O)O[C@]1(C(=O)SCI)[C@@H](C)C[C@H]2[C@@H]3CCC4=CC(=O)C=C[C@]4(C)[C@@]3(F)[C@@H](O)C[C@@]21C. The number of allylic oxidation sites excluding steroid dienone is 4. The van der Waals surface area contributed by atoms with Crippen molar-refractivity contribution in [2.75, 3.05) is 3.76 Å². The van der Waals surface area contributed by atoms with E-state index in [-0.39, 0.29) is 35.6 Å². The molecular weight excluding hydrogens is 558 g/mol. The van der Waals surface area contributed by atoms with Gasteiger partial charge in [-0.1, -0.05) is 66.8 Å². The molecule has 0 aromatic carbocycles. The van der Waals surface area contributed by atoms with Crippen LogP contribution in [0.3, 0.4) is 0 Å². The molecule has 4 aliphatic rings. The van der Waals surface area contributed by atoms with E-state index in [0.717, 1.165) is 17.3 Å². The van der Waals surface area contributed by atoms with E-state index < -0.39 is 40.1 Å². The molecule has 3 fully saturated rings. The molecule has 8 heteroatoms. The molecule has 0 aromatic rings. The Hall–Kier alpha value is -0.740. The minimum absolute atomic E-state index is 0.0181. The number of hydrogen-bond acceptors (Lipinski definition) is 6. The molecule has 0 unspecified atom stereocenters. The normalized spacial score (nSPS) is 46.2. The Kier molecular flexibility index (Phi) is 6.48. The number of rotatable bonds is 4. The summed E-state index contributed by atoms with van der Waals surface area (Å²) in [6, 6.07) is 0. The zero-order valence-corrected chi connectivity index (χ0v) is 22.5. The highest BCUT2D eigenvalue weighted by atomic mass is 127. The van der Waals surface area contributed by atoms with Crippen LogP contribution >= 0.6 is 34.4 Å². The van der Waals surface area contributed by atoms with Gasteiger partial charge in [-0.3, -0.25) is 14.4 Å². The van der Waals surface area contributed by atoms with Gasteiger partial charge in [0.05, 0.1) is 9.86 Å². The Balaban J connectivity index is 1.84. The molecule has 0 aliphatic heterocycles. The van der Waals surface area contributed by atoms with Gasteiger partial charge in [0.15, 0.2) is 17.1 Å². The molecule has 3 saturated carbocycles. The number of aliphatic hydroxyl groups excluding tert-OH is 1. The molecule has 5 nitrogen and oxygen atoms in total. The fraction of sp³-hybridized carbons (Fsp3) is 0.720. The molecule has 4 rings (SSSR count). The van der Waals surface area contributed by atoms with Gasteiger partial charge in [-0.2, -0.15) is 0 Å². The Labute approximate surface area is 212 Å². The Morgan fingerprint density at radius 1 is 1.33 bits per heavy atom. The molecule has 0 bridgehead atoms. The van der Waals surface area contributed by atoms with Crippen LogP contribution in [0.1, 0.15) is 59.8 Å². The average molecular weight is 590 g/mol. The first kappa shape index (κ1) is 25.4. The maximum Gasteiger partial charge on any atom is 0.306 e. The summed E-state index contributed by atoms with van der Waals surface area (Å²) in [5.74, 6) is -1.66. The zero-order chi connectivity index (χ0) is 24.4. The lowest BCUT2D eigenvalue weighted by Crippen LogP contribution is -2.69. The molecule has 4 aliphatic carbocycles. The van der Waals surface area contributed by atoms with Crippen molar-refractivity contribution in [3.63, 3.8) is 0 Å². The van der Waals surface area contributed by atoms with Crippen molar-refractivity contribution in [1.82, 2.24) is 0 Å². The first-order chi connectivity index (χ1) is 15.4. The third-order valence-electron chi connectivity index (χ3n) is 9.23. The van der Waals surface area contributed by atoms with Crippen molar-refractivity contribution >= 4 is 51.2 Å². The molecule has 0 aromatic heterocycles. The minimum atomic E-state index is -1.97. The molecule has 8 atom stereocenters. The highest BCUT2D eigenvalue weighted by Crippen LogP contribution is 2.71. The predicted octanol–water partition coefficient (Wildman–Crippen LogP) is 4.95. The van der Waals surface area contributed by atoms with Crippen LogP contribution in [0.15, 0.2) is 23.8 Å². The maximum absolute atomic E-state index is 17.3. The number of fused-ring (bicyclic) bond motifs is 5. The second-order valence-electron chi connectivity index (χ2n) is 10.5. The Morgan fingerprint density at radius 3 is 2.67 bits per heavy atom. The summed E-state index contributed by atoms with van der Waals surface area (Å²) in [6.07, 6.45) is 4.93. The van der Waals surface area contributed by atoms with Gasteiger partial charge in [0, 0.05) is 29.1 Å². The molecular formula is C25H32FIO5S. The van der Waals surface area contributed by atoms with E-state index >= 15 is 4.39 Å². The summed E-state index contributed by atoms with van der Waals surface area (Å²) < 4.78 is 23.8. The Bertz CT molecular complexity index is 951. The molecule has 0 heterocycles. The van der Waals surface area contributed by atoms with E-state index in [1.807, 2.05) is 13.8 Å². The molecule has 182 valence electrons. The first-order valence-corrected chi connectivity index (χ1v) is 14.2. The summed E-state index contributed by atoms with van der Waals surface area (Å²) in [6.45, 7) is 7.30. The summed E-state index contributed by atoms with van der Waals surface area (Å²) in [4.78, 5) is 38.2. The van der Waals surface area contributed by atoms with Crippen LogP contribution in [0.4, 0.5) is 4.39 Å². The van der Waals surface area contributed by atoms with Crippen molar-refractivity contribution in [1.29, 1.82) is 0 Å². The summed E-state index contributed by atoms with van der Waals surface area (Å²) >= 11 is 3.23. The van der Waals surface area contributed by atoms with E-state index in [1.54, 1.807) is 19.9 Å². The fourth-order valence-corrected chi connectivity index (χ4v) is 9.27. The number of aliphatic hydroxyl groups is 1. The second kappa shape index (κ2) is 8.43. The summed E-state index contributed by atoms with van der Waals surface area (Å²) in [5.41, 5.74) is -4.62. The van der Waals surface area contributed by atoms with E-state index in [2.05, 4.69) is 22.6 Å². The lowest BCUT2D eigenvalue weighted by atomic mass is 9.45. The highest BCUT2D eigenvalue weighted by molar-refractivity contribution is 14.1. The van der Waals surface area contributed by atoms with Crippen LogP contribution < -0.4 is 0 Å². The van der Waals surface area contributed by atoms with Gasteiger partial charge in [0.1, 0.15) is 0 Å². The third-order valence-corrected chi connectivity index (χ3v) is 10.8. The number of hydrogen-bond donors (Lipinski definition) is 1. The van der Waals surface area contributed by atoms with Crippen LogP contribution in [-0.4, -0.2) is 43.1 Å². The van der Waals surface area contributed by atoms with Crippen LogP contribution in [-0.2, 0) is 19.1 Å². The van der Waals surface area contributed by atoms with Crippen molar-refractivity contribution in [2.45, 2.75) is 77.2 Å². The van der Waals surface area contributed by atoms with Crippen LogP contribution in [0, 0.1) is 28.6 Å². The fourth-order valence-electron chi connectivity index (χ4n) is 7.63. The number of ether oxygens (including phenoxy) is 1. The van der Waals surface area contributed by atoms with Gasteiger partial charge in [0.25, 0.3) is 0 Å². The van der Waals surface area contributed by atoms with Crippen molar-refractivity contribution < 1.29 is 28.6 Å². The smallest absolute Gasteiger partial charge is 0.306 e. The number of ketones is 1. The van der Waals surface area contributed by atoms with Crippen molar-refractivity contribution in [3.8, 4) is 0 Å². The van der Waals surface area contributed by atoms with Crippen molar-refractivity contribution in [2.24, 2.45) is 28.6 Å². The quantitative estimate of drug-likeness (QED) is 0.284. The second-order valence-corrected chi connectivity index (χ2v) is 13.3. The summed E-state index contributed by atoms with van der Waals surface area (Å²) in [5, 5.41) is 11.3. The number of halogens is 2. The predicted molar refractivity (Wildman–Crippen MR) is 134 cm³/mol. The minimum Gasteiger partial charge on any atom is -0.449 e. The maximum atomic E-state index is 17.3. The van der Waals surface area contributed by atoms with Gasteiger partial charge in [0.2, 0.25) is 5.12 Å². The number of carbonyl (C=O) groups is 3. The number of alkyl halides is 2. The van der Waals surface area contributed by atoms with Gasteiger partial charge in [-0.25, -0.2) is 4.39 Å². The molecule has 0 amide bonds. The van der Waals surface area contributed by atoms with Crippen LogP contribution in [0.25, 0.3) is 0 Å². The lowest BCUT2D eigenvalue weighted by molar-refractivity contribution is -0.225. The summed E-state index contributed by atoms with van der Waals surface area (Å²) in [7, 11) is 0. The lowest BCUT2D eigenvalue weighted by Gasteiger charge is -2.62. The number of carbonyl (C=O) groups excluding carboxylic acids is 3. The van der Waals surface area contributed by atoms with E-state index in [9.17, 15) is 19.5 Å². The van der Waals surface area contributed by atoms with E-state index in [4.69, 9.17) is 4.74 Å². The van der Waals surface area contributed by atoms with E-state index in [0.29, 0.717) is 23.0 Å². The third kappa shape index (κ3) is 3.21. The molecule has 0 spiro atoms. The van der Waals surface area contributed by atoms with Crippen molar-refractivity contribution in [3.05, 3.63) is 23.8 Å². The van der Waals surface area contributed by atoms with Gasteiger partial charge in [-0.05, 0) is 50.7 Å². The largest absolute Gasteiger partial charge is 0.449 e. The highest BCUT2D eigenvalue weighted by Gasteiger charge is 2.77. The average Bonchev–Trinajstić information content (AvgIpc) is 2.97.